The van der Waals surface area contributed by atoms with E-state index < -0.39 is 11.7 Å². The van der Waals surface area contributed by atoms with Crippen LogP contribution in [0.4, 0.5) is 0 Å². The number of ether oxygens (including phenoxy) is 3. The summed E-state index contributed by atoms with van der Waals surface area (Å²) < 4.78 is 17.3. The first kappa shape index (κ1) is 25.6. The van der Waals surface area contributed by atoms with Crippen LogP contribution in [0.3, 0.4) is 0 Å². The molecule has 0 bridgehead atoms. The zero-order valence-corrected chi connectivity index (χ0v) is 20.2. The Morgan fingerprint density at radius 3 is 2.68 bits per heavy atom. The van der Waals surface area contributed by atoms with E-state index in [0.29, 0.717) is 0 Å². The molecule has 0 saturated carbocycles. The van der Waals surface area contributed by atoms with Crippen molar-refractivity contribution in [2.75, 3.05) is 13.7 Å². The molecule has 1 aliphatic carbocycles. The standard InChI is InChI=1S/C26H40O5/c1-19(2)17-23(28)30-21-12-16-25(5,14-8-13-24(3,4)29-7)15-11-20(18-27)9-10-22-26(21,6)31-22/h8,11-13,16-17,21-22,27H,9-10,14-15,18H2,1-7H3. The Labute approximate surface area is 187 Å². The van der Waals surface area contributed by atoms with Crippen LogP contribution in [-0.4, -0.2) is 48.2 Å². The largest absolute Gasteiger partial charge is 0.452 e. The van der Waals surface area contributed by atoms with Gasteiger partial charge in [0.15, 0.2) is 6.10 Å². The molecule has 4 atom stereocenters. The molecule has 2 aliphatic rings. The van der Waals surface area contributed by atoms with Gasteiger partial charge in [-0.15, -0.1) is 0 Å². The highest BCUT2D eigenvalue weighted by molar-refractivity contribution is 5.83. The molecule has 1 aliphatic heterocycles. The molecule has 174 valence electrons. The topological polar surface area (TPSA) is 68.3 Å². The van der Waals surface area contributed by atoms with Crippen molar-refractivity contribution in [1.82, 2.24) is 0 Å². The molecule has 0 amide bonds. The zero-order valence-electron chi connectivity index (χ0n) is 20.2. The Bertz CT molecular complexity index is 756. The van der Waals surface area contributed by atoms with Crippen LogP contribution in [0.1, 0.15) is 67.2 Å². The third-order valence-electron chi connectivity index (χ3n) is 6.28. The lowest BCUT2D eigenvalue weighted by Crippen LogP contribution is -2.32. The molecule has 1 heterocycles. The van der Waals surface area contributed by atoms with E-state index in [9.17, 15) is 9.90 Å². The SMILES string of the molecule is COC(C)(C)C=CCC1(C)C=CC(OC(=O)C=C(C)C)C2(C)OC2CCC(CO)=CC1. The van der Waals surface area contributed by atoms with E-state index in [0.717, 1.165) is 36.8 Å². The molecule has 0 aromatic heterocycles. The second kappa shape index (κ2) is 10.3. The van der Waals surface area contributed by atoms with E-state index in [2.05, 4.69) is 31.2 Å². The van der Waals surface area contributed by atoms with Gasteiger partial charge in [0, 0.05) is 13.2 Å². The highest BCUT2D eigenvalue weighted by atomic mass is 16.6. The summed E-state index contributed by atoms with van der Waals surface area (Å²) in [5.41, 5.74) is 0.856. The molecule has 5 nitrogen and oxygen atoms in total. The lowest BCUT2D eigenvalue weighted by molar-refractivity contribution is -0.143. The number of rotatable bonds is 7. The van der Waals surface area contributed by atoms with Crippen molar-refractivity contribution in [3.05, 3.63) is 47.6 Å². The molecular formula is C26H40O5. The van der Waals surface area contributed by atoms with Crippen LogP contribution < -0.4 is 0 Å². The molecule has 0 aromatic carbocycles. The van der Waals surface area contributed by atoms with Gasteiger partial charge in [0.05, 0.1) is 18.3 Å². The van der Waals surface area contributed by atoms with Gasteiger partial charge in [-0.1, -0.05) is 36.8 Å². The van der Waals surface area contributed by atoms with Crippen molar-refractivity contribution < 1.29 is 24.1 Å². The van der Waals surface area contributed by atoms with Gasteiger partial charge in [-0.25, -0.2) is 4.79 Å². The second-order valence-corrected chi connectivity index (χ2v) is 10.1. The lowest BCUT2D eigenvalue weighted by atomic mass is 9.81. The molecule has 31 heavy (non-hydrogen) atoms. The molecule has 1 saturated heterocycles. The summed E-state index contributed by atoms with van der Waals surface area (Å²) >= 11 is 0. The number of epoxide rings is 1. The monoisotopic (exact) mass is 432 g/mol. The van der Waals surface area contributed by atoms with E-state index in [1.807, 2.05) is 40.7 Å². The summed E-state index contributed by atoms with van der Waals surface area (Å²) in [5.74, 6) is -0.349. The minimum atomic E-state index is -0.540. The van der Waals surface area contributed by atoms with Crippen molar-refractivity contribution >= 4 is 5.97 Å². The number of aliphatic hydroxyl groups excluding tert-OH is 1. The van der Waals surface area contributed by atoms with Crippen LogP contribution >= 0.6 is 0 Å². The Kier molecular flexibility index (Phi) is 8.48. The summed E-state index contributed by atoms with van der Waals surface area (Å²) in [5, 5.41) is 9.81. The van der Waals surface area contributed by atoms with Gasteiger partial charge in [-0.05, 0) is 77.4 Å². The number of esters is 1. The van der Waals surface area contributed by atoms with Crippen molar-refractivity contribution in [3.63, 3.8) is 0 Å². The molecule has 4 unspecified atom stereocenters. The fourth-order valence-electron chi connectivity index (χ4n) is 3.77. The van der Waals surface area contributed by atoms with Crippen LogP contribution in [0.25, 0.3) is 0 Å². The molecule has 2 rings (SSSR count). The maximum absolute atomic E-state index is 12.4. The number of aliphatic hydroxyl groups is 1. The predicted molar refractivity (Wildman–Crippen MR) is 124 cm³/mol. The molecule has 0 radical (unpaired) electrons. The van der Waals surface area contributed by atoms with Crippen LogP contribution in [0, 0.1) is 5.41 Å². The summed E-state index contributed by atoms with van der Waals surface area (Å²) in [6.07, 6.45) is 14.7. The Balaban J connectivity index is 2.32. The minimum Gasteiger partial charge on any atom is -0.452 e. The third kappa shape index (κ3) is 7.44. The van der Waals surface area contributed by atoms with Gasteiger partial charge in [0.1, 0.15) is 5.60 Å². The summed E-state index contributed by atoms with van der Waals surface area (Å²) in [6.45, 7) is 12.0. The Morgan fingerprint density at radius 2 is 2.06 bits per heavy atom. The van der Waals surface area contributed by atoms with Gasteiger partial charge in [-0.2, -0.15) is 0 Å². The van der Waals surface area contributed by atoms with E-state index in [-0.39, 0.29) is 29.7 Å². The Morgan fingerprint density at radius 1 is 1.35 bits per heavy atom. The highest BCUT2D eigenvalue weighted by Crippen LogP contribution is 2.45. The fraction of sp³-hybridized carbons (Fsp3) is 0.654. The third-order valence-corrected chi connectivity index (χ3v) is 6.28. The van der Waals surface area contributed by atoms with Gasteiger partial charge in [0.25, 0.3) is 0 Å². The van der Waals surface area contributed by atoms with Gasteiger partial charge < -0.3 is 19.3 Å². The minimum absolute atomic E-state index is 0.00311. The average Bonchev–Trinajstić information content (AvgIpc) is 3.35. The molecule has 0 aromatic rings. The maximum Gasteiger partial charge on any atom is 0.331 e. The van der Waals surface area contributed by atoms with Crippen LogP contribution in [0.5, 0.6) is 0 Å². The number of carbonyl (C=O) groups excluding carboxylic acids is 1. The molecule has 5 heteroatoms. The van der Waals surface area contributed by atoms with Gasteiger partial charge in [-0.3, -0.25) is 0 Å². The summed E-state index contributed by atoms with van der Waals surface area (Å²) in [6, 6.07) is 0. The van der Waals surface area contributed by atoms with E-state index in [4.69, 9.17) is 14.2 Å². The molecule has 1 N–H and O–H groups in total. The number of carbonyl (C=O) groups is 1. The highest BCUT2D eigenvalue weighted by Gasteiger charge is 2.58. The quantitative estimate of drug-likeness (QED) is 0.264. The first-order valence-electron chi connectivity index (χ1n) is 11.2. The molecular weight excluding hydrogens is 392 g/mol. The molecule has 0 spiro atoms. The average molecular weight is 433 g/mol. The van der Waals surface area contributed by atoms with Gasteiger partial charge >= 0.3 is 5.97 Å². The van der Waals surface area contributed by atoms with Crippen molar-refractivity contribution in [2.45, 2.75) is 90.6 Å². The Hall–Kier alpha value is -1.69. The number of hydrogen-bond donors (Lipinski definition) is 1. The fourth-order valence-corrected chi connectivity index (χ4v) is 3.77. The van der Waals surface area contributed by atoms with Crippen molar-refractivity contribution in [1.29, 1.82) is 0 Å². The maximum atomic E-state index is 12.4. The summed E-state index contributed by atoms with van der Waals surface area (Å²) in [4.78, 5) is 12.4. The second-order valence-electron chi connectivity index (χ2n) is 10.1. The lowest BCUT2D eigenvalue weighted by Gasteiger charge is -2.26. The summed E-state index contributed by atoms with van der Waals surface area (Å²) in [7, 11) is 1.70. The molecule has 1 fully saturated rings. The van der Waals surface area contributed by atoms with Crippen LogP contribution in [0.2, 0.25) is 0 Å². The van der Waals surface area contributed by atoms with Gasteiger partial charge in [0.2, 0.25) is 0 Å². The van der Waals surface area contributed by atoms with Crippen molar-refractivity contribution in [2.24, 2.45) is 5.41 Å². The number of fused-ring (bicyclic) bond motifs is 1. The van der Waals surface area contributed by atoms with Crippen LogP contribution in [0.15, 0.2) is 47.6 Å². The number of allylic oxidation sites excluding steroid dienone is 4. The van der Waals surface area contributed by atoms with Crippen LogP contribution in [-0.2, 0) is 19.0 Å². The number of methoxy groups -OCH3 is 1. The van der Waals surface area contributed by atoms with Crippen molar-refractivity contribution in [3.8, 4) is 0 Å². The number of hydrogen-bond acceptors (Lipinski definition) is 5. The predicted octanol–water partition coefficient (Wildman–Crippen LogP) is 5.06. The zero-order chi connectivity index (χ0) is 23.3. The van der Waals surface area contributed by atoms with E-state index in [1.54, 1.807) is 7.11 Å². The van der Waals surface area contributed by atoms with E-state index in [1.165, 1.54) is 6.08 Å². The first-order chi connectivity index (χ1) is 14.4. The first-order valence-corrected chi connectivity index (χ1v) is 11.2. The normalized spacial score (nSPS) is 31.4. The van der Waals surface area contributed by atoms with E-state index >= 15 is 0 Å². The smallest absolute Gasteiger partial charge is 0.331 e.